The standard InChI is InChI=1S/C8H12F3N/c1-2-12-3-5-6(4-12)7(5)8(9,10)11/h5-7H,2-4H2,1H3. The summed E-state index contributed by atoms with van der Waals surface area (Å²) in [6, 6.07) is 0. The van der Waals surface area contributed by atoms with Gasteiger partial charge in [-0.25, -0.2) is 0 Å². The Morgan fingerprint density at radius 1 is 1.25 bits per heavy atom. The van der Waals surface area contributed by atoms with Crippen LogP contribution in [0.1, 0.15) is 6.92 Å². The van der Waals surface area contributed by atoms with Crippen molar-refractivity contribution in [1.29, 1.82) is 0 Å². The molecule has 0 radical (unpaired) electrons. The minimum absolute atomic E-state index is 0.0788. The van der Waals surface area contributed by atoms with E-state index in [2.05, 4.69) is 4.90 Å². The summed E-state index contributed by atoms with van der Waals surface area (Å²) < 4.78 is 36.5. The van der Waals surface area contributed by atoms with E-state index in [1.807, 2.05) is 6.92 Å². The minimum atomic E-state index is -3.94. The van der Waals surface area contributed by atoms with Crippen molar-refractivity contribution in [2.75, 3.05) is 19.6 Å². The topological polar surface area (TPSA) is 3.24 Å². The summed E-state index contributed by atoms with van der Waals surface area (Å²) in [5.74, 6) is -1.13. The van der Waals surface area contributed by atoms with Crippen LogP contribution in [0, 0.1) is 17.8 Å². The van der Waals surface area contributed by atoms with E-state index in [0.717, 1.165) is 6.54 Å². The molecule has 2 atom stereocenters. The lowest BCUT2D eigenvalue weighted by Gasteiger charge is -2.17. The molecule has 0 amide bonds. The molecule has 2 aliphatic rings. The van der Waals surface area contributed by atoms with E-state index in [-0.39, 0.29) is 11.8 Å². The molecule has 1 nitrogen and oxygen atoms in total. The van der Waals surface area contributed by atoms with Gasteiger partial charge in [-0.2, -0.15) is 13.2 Å². The van der Waals surface area contributed by atoms with Crippen LogP contribution in [0.5, 0.6) is 0 Å². The second-order valence-electron chi connectivity index (χ2n) is 3.75. The predicted molar refractivity (Wildman–Crippen MR) is 38.6 cm³/mol. The molecule has 0 aromatic carbocycles. The number of fused-ring (bicyclic) bond motifs is 1. The van der Waals surface area contributed by atoms with Crippen molar-refractivity contribution < 1.29 is 13.2 Å². The molecule has 70 valence electrons. The molecule has 1 saturated heterocycles. The Labute approximate surface area is 69.5 Å². The van der Waals surface area contributed by atoms with Gasteiger partial charge < -0.3 is 4.90 Å². The number of nitrogens with zero attached hydrogens (tertiary/aromatic N) is 1. The smallest absolute Gasteiger partial charge is 0.303 e. The monoisotopic (exact) mass is 179 g/mol. The van der Waals surface area contributed by atoms with Crippen LogP contribution in [0.3, 0.4) is 0 Å². The number of hydrogen-bond acceptors (Lipinski definition) is 1. The van der Waals surface area contributed by atoms with E-state index in [1.54, 1.807) is 0 Å². The fourth-order valence-corrected chi connectivity index (χ4v) is 2.36. The zero-order chi connectivity index (χ0) is 8.93. The highest BCUT2D eigenvalue weighted by atomic mass is 19.4. The van der Waals surface area contributed by atoms with Gasteiger partial charge in [-0.05, 0) is 18.4 Å². The highest BCUT2D eigenvalue weighted by Crippen LogP contribution is 2.59. The first kappa shape index (κ1) is 8.35. The normalized spacial score (nSPS) is 41.5. The zero-order valence-corrected chi connectivity index (χ0v) is 6.93. The van der Waals surface area contributed by atoms with E-state index in [4.69, 9.17) is 0 Å². The molecule has 12 heavy (non-hydrogen) atoms. The highest BCUT2D eigenvalue weighted by molar-refractivity contribution is 5.07. The van der Waals surface area contributed by atoms with Crippen LogP contribution in [0.4, 0.5) is 13.2 Å². The lowest BCUT2D eigenvalue weighted by molar-refractivity contribution is -0.157. The number of piperidine rings is 1. The van der Waals surface area contributed by atoms with E-state index in [1.165, 1.54) is 0 Å². The van der Waals surface area contributed by atoms with Crippen LogP contribution in [0.25, 0.3) is 0 Å². The van der Waals surface area contributed by atoms with Gasteiger partial charge in [0.15, 0.2) is 0 Å². The maximum Gasteiger partial charge on any atom is 0.392 e. The van der Waals surface area contributed by atoms with Crippen molar-refractivity contribution in [3.63, 3.8) is 0 Å². The third-order valence-electron chi connectivity index (χ3n) is 3.09. The number of likely N-dealkylation sites (tertiary alicyclic amines) is 1. The Bertz CT molecular complexity index is 177. The van der Waals surface area contributed by atoms with E-state index >= 15 is 0 Å². The molecule has 0 spiro atoms. The molecule has 1 heterocycles. The molecule has 1 aliphatic carbocycles. The molecule has 0 aromatic rings. The molecular weight excluding hydrogens is 167 g/mol. The van der Waals surface area contributed by atoms with Crippen molar-refractivity contribution in [3.8, 4) is 0 Å². The molecule has 1 saturated carbocycles. The Kier molecular flexibility index (Phi) is 1.65. The maximum absolute atomic E-state index is 12.2. The van der Waals surface area contributed by atoms with Crippen LogP contribution in [0.15, 0.2) is 0 Å². The van der Waals surface area contributed by atoms with Gasteiger partial charge in [0.05, 0.1) is 5.92 Å². The molecule has 0 aromatic heterocycles. The summed E-state index contributed by atoms with van der Waals surface area (Å²) in [4.78, 5) is 2.09. The highest BCUT2D eigenvalue weighted by Gasteiger charge is 2.66. The molecule has 2 unspecified atom stereocenters. The molecule has 1 aliphatic heterocycles. The number of alkyl halides is 3. The molecule has 2 rings (SSSR count). The van der Waals surface area contributed by atoms with Gasteiger partial charge in [0, 0.05) is 13.1 Å². The van der Waals surface area contributed by atoms with Crippen LogP contribution >= 0.6 is 0 Å². The number of halogens is 3. The van der Waals surface area contributed by atoms with Gasteiger partial charge in [0.1, 0.15) is 0 Å². The van der Waals surface area contributed by atoms with Gasteiger partial charge in [0.2, 0.25) is 0 Å². The minimum Gasteiger partial charge on any atom is -0.303 e. The summed E-state index contributed by atoms with van der Waals surface area (Å²) >= 11 is 0. The van der Waals surface area contributed by atoms with Crippen molar-refractivity contribution >= 4 is 0 Å². The van der Waals surface area contributed by atoms with Crippen LogP contribution in [-0.2, 0) is 0 Å². The summed E-state index contributed by atoms with van der Waals surface area (Å²) in [5.41, 5.74) is 0. The molecule has 0 N–H and O–H groups in total. The molecular formula is C8H12F3N. The fourth-order valence-electron chi connectivity index (χ4n) is 2.36. The van der Waals surface area contributed by atoms with E-state index in [0.29, 0.717) is 13.1 Å². The molecule has 4 heteroatoms. The van der Waals surface area contributed by atoms with E-state index in [9.17, 15) is 13.2 Å². The number of rotatable bonds is 1. The SMILES string of the molecule is CCN1CC2C(C1)C2C(F)(F)F. The Morgan fingerprint density at radius 2 is 1.75 bits per heavy atom. The molecule has 2 fully saturated rings. The predicted octanol–water partition coefficient (Wildman–Crippen LogP) is 1.75. The summed E-state index contributed by atoms with van der Waals surface area (Å²) in [7, 11) is 0. The summed E-state index contributed by atoms with van der Waals surface area (Å²) in [6.45, 7) is 4.20. The Balaban J connectivity index is 1.91. The molecule has 0 bridgehead atoms. The number of hydrogen-bond donors (Lipinski definition) is 0. The van der Waals surface area contributed by atoms with Crippen molar-refractivity contribution in [2.24, 2.45) is 17.8 Å². The largest absolute Gasteiger partial charge is 0.392 e. The maximum atomic E-state index is 12.2. The van der Waals surface area contributed by atoms with Gasteiger partial charge >= 0.3 is 6.18 Å². The second kappa shape index (κ2) is 2.37. The zero-order valence-electron chi connectivity index (χ0n) is 6.93. The Morgan fingerprint density at radius 3 is 2.08 bits per heavy atom. The van der Waals surface area contributed by atoms with Gasteiger partial charge in [-0.3, -0.25) is 0 Å². The van der Waals surface area contributed by atoms with Gasteiger partial charge in [-0.1, -0.05) is 6.92 Å². The van der Waals surface area contributed by atoms with Gasteiger partial charge in [-0.15, -0.1) is 0 Å². The lowest BCUT2D eigenvalue weighted by atomic mass is 10.2. The first-order chi connectivity index (χ1) is 5.54. The quantitative estimate of drug-likeness (QED) is 0.592. The van der Waals surface area contributed by atoms with Crippen molar-refractivity contribution in [1.82, 2.24) is 4.90 Å². The van der Waals surface area contributed by atoms with Crippen molar-refractivity contribution in [2.45, 2.75) is 13.1 Å². The first-order valence-electron chi connectivity index (χ1n) is 4.33. The third-order valence-corrected chi connectivity index (χ3v) is 3.09. The van der Waals surface area contributed by atoms with E-state index < -0.39 is 12.1 Å². The average molecular weight is 179 g/mol. The summed E-state index contributed by atoms with van der Waals surface area (Å²) in [6.07, 6.45) is -3.94. The van der Waals surface area contributed by atoms with Crippen LogP contribution in [-0.4, -0.2) is 30.7 Å². The summed E-state index contributed by atoms with van der Waals surface area (Å²) in [5, 5.41) is 0. The van der Waals surface area contributed by atoms with Crippen molar-refractivity contribution in [3.05, 3.63) is 0 Å². The fraction of sp³-hybridized carbons (Fsp3) is 1.00. The Hall–Kier alpha value is -0.250. The lowest BCUT2D eigenvalue weighted by Crippen LogP contribution is -2.28. The van der Waals surface area contributed by atoms with Crippen LogP contribution < -0.4 is 0 Å². The van der Waals surface area contributed by atoms with Crippen LogP contribution in [0.2, 0.25) is 0 Å². The second-order valence-corrected chi connectivity index (χ2v) is 3.75. The third kappa shape index (κ3) is 1.13. The first-order valence-corrected chi connectivity index (χ1v) is 4.33. The average Bonchev–Trinajstić information content (AvgIpc) is 2.49. The van der Waals surface area contributed by atoms with Gasteiger partial charge in [0.25, 0.3) is 0 Å².